The Kier molecular flexibility index (Phi) is 23.0. The number of benzene rings is 3. The Hall–Kier alpha value is -6.79. The van der Waals surface area contributed by atoms with Gasteiger partial charge in [-0.2, -0.15) is 9.97 Å². The molecule has 4 aliphatic heterocycles. The summed E-state index contributed by atoms with van der Waals surface area (Å²) in [6, 6.07) is 18.4. The van der Waals surface area contributed by atoms with E-state index in [1.54, 1.807) is 22.3 Å². The van der Waals surface area contributed by atoms with Gasteiger partial charge in [0.2, 0.25) is 23.6 Å². The summed E-state index contributed by atoms with van der Waals surface area (Å²) in [5, 5.41) is 18.7. The number of phenolic OH excluding ortho intramolecular Hbond substituents is 1. The van der Waals surface area contributed by atoms with E-state index in [2.05, 4.69) is 49.9 Å². The van der Waals surface area contributed by atoms with Crippen molar-refractivity contribution in [3.8, 4) is 22.2 Å². The molecule has 0 radical (unpaired) electrons. The molecule has 0 bridgehead atoms. The number of aryl methyl sites for hydroxylation is 1. The van der Waals surface area contributed by atoms with E-state index in [0.717, 1.165) is 94.1 Å². The molecule has 3 N–H and O–H groups in total. The number of hydrogen-bond acceptors (Lipinski definition) is 18. The van der Waals surface area contributed by atoms with E-state index < -0.39 is 23.4 Å². The summed E-state index contributed by atoms with van der Waals surface area (Å²) in [6.07, 6.45) is 5.11. The average molecular weight is 1220 g/mol. The van der Waals surface area contributed by atoms with Crippen molar-refractivity contribution < 1.29 is 52.7 Å². The van der Waals surface area contributed by atoms with Crippen LogP contribution in [-0.4, -0.2) is 201 Å². The van der Waals surface area contributed by atoms with Crippen molar-refractivity contribution >= 4 is 57.2 Å². The standard InChI is InChI=1S/C65H88N10O11S/c1-8-58(78)72-26-28-73(29-27-72)61-53-21-25-74(56-39-50(76)38-49-12-9-10-13-52(49)56)41-54(53)68-64(70-61)86-44(2)40-71-23-19-51(20-24-71)85-37-36-83-33-32-81-30-31-82-34-35-84-42-57(77)69-60(65(5,6)7)63(80)75-22-11-14-55(75)62(79)67-45(3)47-15-17-48(18-16-47)59-46(4)66-43-87-59/h8-10,12-13,15-18,38-39,43-45,51,55,60,76H,1,11,14,19-37,40-42H2,2-7H3,(H,67,79)(H,69,77)/t44-,45+,55+,60-/m1/s1. The van der Waals surface area contributed by atoms with Crippen LogP contribution in [0.5, 0.6) is 11.8 Å². The van der Waals surface area contributed by atoms with E-state index in [1.165, 1.54) is 6.08 Å². The van der Waals surface area contributed by atoms with Gasteiger partial charge in [0.1, 0.15) is 36.4 Å². The molecule has 0 aliphatic carbocycles. The summed E-state index contributed by atoms with van der Waals surface area (Å²) in [7, 11) is 0. The first-order valence-corrected chi connectivity index (χ1v) is 31.7. The molecule has 0 saturated carbocycles. The van der Waals surface area contributed by atoms with E-state index in [1.807, 2.05) is 93.6 Å². The Morgan fingerprint density at radius 3 is 2.17 bits per heavy atom. The zero-order valence-electron chi connectivity index (χ0n) is 51.5. The summed E-state index contributed by atoms with van der Waals surface area (Å²) >= 11 is 1.60. The first kappa shape index (κ1) is 64.7. The number of phenols is 1. The zero-order chi connectivity index (χ0) is 61.5. The predicted molar refractivity (Wildman–Crippen MR) is 335 cm³/mol. The minimum atomic E-state index is -0.854. The van der Waals surface area contributed by atoms with Crippen LogP contribution in [0.15, 0.2) is 78.8 Å². The van der Waals surface area contributed by atoms with Crippen LogP contribution < -0.4 is 25.2 Å². The van der Waals surface area contributed by atoms with Crippen molar-refractivity contribution in [3.63, 3.8) is 0 Å². The van der Waals surface area contributed by atoms with Crippen LogP contribution >= 0.6 is 11.3 Å². The number of anilines is 2. The van der Waals surface area contributed by atoms with Gasteiger partial charge < -0.3 is 63.8 Å². The number of piperidine rings is 1. The number of piperazine rings is 1. The van der Waals surface area contributed by atoms with E-state index in [4.69, 9.17) is 38.4 Å². The highest BCUT2D eigenvalue weighted by Gasteiger charge is 2.42. The quantitative estimate of drug-likeness (QED) is 0.0343. The van der Waals surface area contributed by atoms with Crippen LogP contribution in [0.1, 0.15) is 88.9 Å². The molecule has 0 unspecified atom stereocenters. The van der Waals surface area contributed by atoms with Crippen LogP contribution in [0.4, 0.5) is 11.5 Å². The largest absolute Gasteiger partial charge is 0.508 e. The first-order chi connectivity index (χ1) is 42.0. The fourth-order valence-corrected chi connectivity index (χ4v) is 12.7. The summed E-state index contributed by atoms with van der Waals surface area (Å²) < 4.78 is 35.4. The van der Waals surface area contributed by atoms with Crippen molar-refractivity contribution in [1.82, 2.24) is 40.3 Å². The molecular weight excluding hydrogens is 1130 g/mol. The molecule has 470 valence electrons. The molecule has 4 amide bonds. The lowest BCUT2D eigenvalue weighted by Crippen LogP contribution is -2.58. The number of carbonyl (C=O) groups excluding carboxylic acids is 4. The number of ether oxygens (including phenoxy) is 6. The smallest absolute Gasteiger partial charge is 0.318 e. The van der Waals surface area contributed by atoms with Crippen LogP contribution in [0.2, 0.25) is 0 Å². The molecular formula is C65H88N10O11S. The fraction of sp³-hybridized carbons (Fsp3) is 0.554. The SMILES string of the molecule is C=CC(=O)N1CCN(c2nc(O[C@H](C)CN3CCC(OCCOCCOCCOCCOCC(=O)N[C@H](C(=O)N4CCC[C@H]4C(=O)N[C@@H](C)c4ccc(-c5scnc5C)cc4)C(C)(C)C)CC3)nc3c2CCN(c2cc(O)cc4ccccc24)C3)CC1. The van der Waals surface area contributed by atoms with Crippen molar-refractivity contribution in [2.24, 2.45) is 5.41 Å². The van der Waals surface area contributed by atoms with Crippen molar-refractivity contribution in [3.05, 3.63) is 101 Å². The number of amides is 4. The van der Waals surface area contributed by atoms with Gasteiger partial charge in [0.25, 0.3) is 0 Å². The van der Waals surface area contributed by atoms with E-state index in [9.17, 15) is 24.3 Å². The van der Waals surface area contributed by atoms with E-state index in [0.29, 0.717) is 104 Å². The summed E-state index contributed by atoms with van der Waals surface area (Å²) in [6.45, 7) is 24.7. The maximum Gasteiger partial charge on any atom is 0.318 e. The molecule has 3 aromatic carbocycles. The van der Waals surface area contributed by atoms with Gasteiger partial charge in [-0.05, 0) is 86.9 Å². The third kappa shape index (κ3) is 17.5. The Morgan fingerprint density at radius 2 is 1.49 bits per heavy atom. The Balaban J connectivity index is 0.614. The molecule has 4 aliphatic rings. The zero-order valence-corrected chi connectivity index (χ0v) is 52.3. The average Bonchev–Trinajstić information content (AvgIpc) is 1.80. The highest BCUT2D eigenvalue weighted by molar-refractivity contribution is 7.13. The molecule has 3 saturated heterocycles. The second-order valence-electron chi connectivity index (χ2n) is 24.0. The van der Waals surface area contributed by atoms with Gasteiger partial charge in [0.05, 0.1) is 93.3 Å². The van der Waals surface area contributed by atoms with Crippen molar-refractivity contribution in [2.75, 3.05) is 128 Å². The minimum absolute atomic E-state index is 0.0634. The van der Waals surface area contributed by atoms with Gasteiger partial charge in [-0.15, -0.1) is 11.3 Å². The summed E-state index contributed by atoms with van der Waals surface area (Å²) in [4.78, 5) is 79.1. The van der Waals surface area contributed by atoms with Crippen molar-refractivity contribution in [2.45, 2.75) is 111 Å². The molecule has 87 heavy (non-hydrogen) atoms. The fourth-order valence-electron chi connectivity index (χ4n) is 11.9. The number of nitrogens with one attached hydrogen (secondary N) is 2. The number of thiazole rings is 1. The van der Waals surface area contributed by atoms with E-state index >= 15 is 0 Å². The molecule has 6 heterocycles. The van der Waals surface area contributed by atoms with Crippen LogP contribution in [0.25, 0.3) is 21.2 Å². The summed E-state index contributed by atoms with van der Waals surface area (Å²) in [5.41, 5.74) is 7.20. The Labute approximate surface area is 515 Å². The molecule has 5 aromatic rings. The Bertz CT molecular complexity index is 3110. The second kappa shape index (κ2) is 30.9. The number of fused-ring (bicyclic) bond motifs is 2. The molecule has 0 spiro atoms. The molecule has 2 aromatic heterocycles. The third-order valence-electron chi connectivity index (χ3n) is 16.6. The highest BCUT2D eigenvalue weighted by atomic mass is 32.1. The van der Waals surface area contributed by atoms with Gasteiger partial charge in [-0.25, -0.2) is 4.98 Å². The van der Waals surface area contributed by atoms with Crippen LogP contribution in [0.3, 0.4) is 0 Å². The monoisotopic (exact) mass is 1220 g/mol. The normalized spacial score (nSPS) is 17.9. The van der Waals surface area contributed by atoms with E-state index in [-0.39, 0.29) is 61.5 Å². The number of nitrogens with zero attached hydrogens (tertiary/aromatic N) is 8. The number of carbonyl (C=O) groups is 4. The van der Waals surface area contributed by atoms with Crippen molar-refractivity contribution in [1.29, 1.82) is 0 Å². The predicted octanol–water partition coefficient (Wildman–Crippen LogP) is 6.88. The lowest BCUT2D eigenvalue weighted by Gasteiger charge is -2.38. The Morgan fingerprint density at radius 1 is 0.805 bits per heavy atom. The maximum atomic E-state index is 14.0. The number of aromatic nitrogens is 3. The maximum absolute atomic E-state index is 14.0. The topological polar surface area (TPSA) is 223 Å². The van der Waals surface area contributed by atoms with Gasteiger partial charge >= 0.3 is 6.01 Å². The minimum Gasteiger partial charge on any atom is -0.508 e. The number of rotatable bonds is 28. The van der Waals surface area contributed by atoms with Crippen LogP contribution in [0, 0.1) is 12.3 Å². The van der Waals surface area contributed by atoms with Gasteiger partial charge in [0, 0.05) is 81.6 Å². The second-order valence-corrected chi connectivity index (χ2v) is 24.8. The highest BCUT2D eigenvalue weighted by Crippen LogP contribution is 2.37. The molecule has 21 nitrogen and oxygen atoms in total. The molecule has 3 fully saturated rings. The van der Waals surface area contributed by atoms with Gasteiger partial charge in [0.15, 0.2) is 0 Å². The molecule has 22 heteroatoms. The summed E-state index contributed by atoms with van der Waals surface area (Å²) in [5.74, 6) is 0.107. The molecule has 4 atom stereocenters. The lowest BCUT2D eigenvalue weighted by molar-refractivity contribution is -0.144. The first-order valence-electron chi connectivity index (χ1n) is 30.8. The number of aromatic hydroxyl groups is 1. The number of likely N-dealkylation sites (tertiary alicyclic amines) is 2. The lowest BCUT2D eigenvalue weighted by atomic mass is 9.85. The van der Waals surface area contributed by atoms with Gasteiger partial charge in [-0.1, -0.05) is 75.9 Å². The van der Waals surface area contributed by atoms with Crippen LogP contribution in [-0.2, 0) is 55.8 Å². The third-order valence-corrected chi connectivity index (χ3v) is 17.6. The molecule has 9 rings (SSSR count). The number of hydrogen-bond donors (Lipinski definition) is 3. The van der Waals surface area contributed by atoms with Gasteiger partial charge in [-0.3, -0.25) is 24.1 Å².